The van der Waals surface area contributed by atoms with Crippen LogP contribution in [0, 0.1) is 0 Å². The normalized spacial score (nSPS) is 12.6. The molecule has 1 aliphatic heterocycles. The van der Waals surface area contributed by atoms with Gasteiger partial charge in [0.15, 0.2) is 6.61 Å². The van der Waals surface area contributed by atoms with Crippen molar-refractivity contribution in [2.24, 2.45) is 0 Å². The average molecular weight is 392 g/mol. The van der Waals surface area contributed by atoms with Crippen molar-refractivity contribution in [1.29, 1.82) is 0 Å². The number of hydrogen-bond acceptors (Lipinski definition) is 5. The van der Waals surface area contributed by atoms with Gasteiger partial charge >= 0.3 is 0 Å². The lowest BCUT2D eigenvalue weighted by atomic mass is 10.1. The Bertz CT molecular complexity index is 1010. The predicted octanol–water partition coefficient (Wildman–Crippen LogP) is 3.26. The molecule has 2 N–H and O–H groups in total. The molecule has 2 heterocycles. The summed E-state index contributed by atoms with van der Waals surface area (Å²) in [5.74, 6) is 0.852. The number of rotatable bonds is 7. The first-order valence-electron chi connectivity index (χ1n) is 9.20. The molecule has 2 amide bonds. The van der Waals surface area contributed by atoms with Crippen LogP contribution in [0.1, 0.15) is 27.2 Å². The third-order valence-corrected chi connectivity index (χ3v) is 4.41. The monoisotopic (exact) mass is 392 g/mol. The molecule has 2 aromatic carbocycles. The van der Waals surface area contributed by atoms with E-state index in [9.17, 15) is 9.59 Å². The van der Waals surface area contributed by atoms with Gasteiger partial charge in [0.05, 0.1) is 18.6 Å². The highest BCUT2D eigenvalue weighted by Gasteiger charge is 2.17. The molecule has 0 radical (unpaired) electrons. The highest BCUT2D eigenvalue weighted by atomic mass is 16.5. The van der Waals surface area contributed by atoms with Crippen LogP contribution in [0.4, 0.5) is 5.69 Å². The maximum atomic E-state index is 12.5. The first-order valence-corrected chi connectivity index (χ1v) is 9.20. The largest absolute Gasteiger partial charge is 0.482 e. The van der Waals surface area contributed by atoms with Crippen molar-refractivity contribution < 1.29 is 23.5 Å². The van der Waals surface area contributed by atoms with Gasteiger partial charge in [-0.3, -0.25) is 9.59 Å². The Hall–Kier alpha value is -3.58. The summed E-state index contributed by atoms with van der Waals surface area (Å²) in [4.78, 5) is 23.8. The van der Waals surface area contributed by atoms with E-state index in [4.69, 9.17) is 13.9 Å². The zero-order valence-electron chi connectivity index (χ0n) is 15.6. The van der Waals surface area contributed by atoms with E-state index >= 15 is 0 Å². The molecule has 3 aromatic rings. The summed E-state index contributed by atoms with van der Waals surface area (Å²) in [5.41, 5.74) is 3.03. The van der Waals surface area contributed by atoms with Crippen LogP contribution in [0.15, 0.2) is 65.3 Å². The van der Waals surface area contributed by atoms with Crippen molar-refractivity contribution >= 4 is 17.5 Å². The van der Waals surface area contributed by atoms with Crippen molar-refractivity contribution in [2.45, 2.75) is 19.8 Å². The number of amides is 2. The second-order valence-corrected chi connectivity index (χ2v) is 6.62. The minimum Gasteiger partial charge on any atom is -0.482 e. The summed E-state index contributed by atoms with van der Waals surface area (Å²) in [6, 6.07) is 16.5. The number of hydrogen-bond donors (Lipinski definition) is 2. The molecule has 0 unspecified atom stereocenters. The van der Waals surface area contributed by atoms with Gasteiger partial charge in [0.1, 0.15) is 18.1 Å². The Kier molecular flexibility index (Phi) is 5.58. The Morgan fingerprint density at radius 1 is 1.07 bits per heavy atom. The van der Waals surface area contributed by atoms with Crippen molar-refractivity contribution in [3.8, 4) is 5.75 Å². The van der Waals surface area contributed by atoms with Gasteiger partial charge in [0, 0.05) is 12.1 Å². The lowest BCUT2D eigenvalue weighted by Gasteiger charge is -2.18. The van der Waals surface area contributed by atoms with Crippen molar-refractivity contribution in [3.05, 3.63) is 83.3 Å². The third-order valence-electron chi connectivity index (χ3n) is 4.41. The molecule has 148 valence electrons. The number of nitrogens with one attached hydrogen (secondary N) is 2. The smallest absolute Gasteiger partial charge is 0.262 e. The van der Waals surface area contributed by atoms with Gasteiger partial charge < -0.3 is 24.5 Å². The summed E-state index contributed by atoms with van der Waals surface area (Å²) < 4.78 is 16.2. The maximum absolute atomic E-state index is 12.5. The van der Waals surface area contributed by atoms with Crippen molar-refractivity contribution in [1.82, 2.24) is 5.32 Å². The molecular weight excluding hydrogens is 372 g/mol. The summed E-state index contributed by atoms with van der Waals surface area (Å²) in [6.07, 6.45) is 1.62. The molecule has 0 atom stereocenters. The lowest BCUT2D eigenvalue weighted by Crippen LogP contribution is -2.26. The van der Waals surface area contributed by atoms with Crippen LogP contribution < -0.4 is 15.4 Å². The van der Waals surface area contributed by atoms with E-state index in [1.165, 1.54) is 0 Å². The molecule has 29 heavy (non-hydrogen) atoms. The first kappa shape index (κ1) is 18.8. The highest BCUT2D eigenvalue weighted by molar-refractivity contribution is 5.98. The number of fused-ring (bicyclic) bond motifs is 1. The van der Waals surface area contributed by atoms with Gasteiger partial charge in [-0.1, -0.05) is 24.3 Å². The highest BCUT2D eigenvalue weighted by Crippen LogP contribution is 2.28. The van der Waals surface area contributed by atoms with E-state index < -0.39 is 0 Å². The number of furan rings is 1. The number of anilines is 1. The van der Waals surface area contributed by atoms with Gasteiger partial charge in [-0.15, -0.1) is 0 Å². The molecule has 4 rings (SSSR count). The molecule has 0 spiro atoms. The molecule has 0 aliphatic carbocycles. The molecule has 0 saturated heterocycles. The third kappa shape index (κ3) is 4.83. The zero-order chi connectivity index (χ0) is 20.1. The standard InChI is InChI=1S/C22H20N2O5/c25-21-14-29-20-10-17(6-7-19(20)24-21)22(26)23-11-15-3-1-4-16(9-15)12-27-13-18-5-2-8-28-18/h1-10H,11-14H2,(H,23,26)(H,24,25). The van der Waals surface area contributed by atoms with E-state index in [0.29, 0.717) is 36.8 Å². The summed E-state index contributed by atoms with van der Waals surface area (Å²) in [6.45, 7) is 1.21. The fourth-order valence-electron chi connectivity index (χ4n) is 2.99. The maximum Gasteiger partial charge on any atom is 0.262 e. The first-order chi connectivity index (χ1) is 14.2. The Balaban J connectivity index is 1.31. The molecule has 7 heteroatoms. The van der Waals surface area contributed by atoms with Crippen LogP contribution in [-0.2, 0) is 29.3 Å². The van der Waals surface area contributed by atoms with Gasteiger partial charge in [-0.2, -0.15) is 0 Å². The SMILES string of the molecule is O=C1COc2cc(C(=O)NCc3cccc(COCc4ccco4)c3)ccc2N1. The zero-order valence-corrected chi connectivity index (χ0v) is 15.6. The van der Waals surface area contributed by atoms with Crippen LogP contribution in [0.25, 0.3) is 0 Å². The average Bonchev–Trinajstić information content (AvgIpc) is 3.25. The molecule has 0 saturated carbocycles. The van der Waals surface area contributed by atoms with Crippen molar-refractivity contribution in [3.63, 3.8) is 0 Å². The van der Waals surface area contributed by atoms with Crippen LogP contribution >= 0.6 is 0 Å². The van der Waals surface area contributed by atoms with Crippen LogP contribution in [0.3, 0.4) is 0 Å². The fourth-order valence-corrected chi connectivity index (χ4v) is 2.99. The number of carbonyl (C=O) groups is 2. The fraction of sp³-hybridized carbons (Fsp3) is 0.182. The summed E-state index contributed by atoms with van der Waals surface area (Å²) in [7, 11) is 0. The van der Waals surface area contributed by atoms with Gasteiger partial charge in [-0.05, 0) is 41.5 Å². The topological polar surface area (TPSA) is 89.8 Å². The molecule has 0 fully saturated rings. The Morgan fingerprint density at radius 2 is 1.97 bits per heavy atom. The lowest BCUT2D eigenvalue weighted by molar-refractivity contribution is -0.118. The minimum absolute atomic E-state index is 0.0488. The minimum atomic E-state index is -0.215. The van der Waals surface area contributed by atoms with Crippen molar-refractivity contribution in [2.75, 3.05) is 11.9 Å². The summed E-state index contributed by atoms with van der Waals surface area (Å²) in [5, 5.41) is 5.60. The second-order valence-electron chi connectivity index (χ2n) is 6.62. The van der Waals surface area contributed by atoms with E-state index in [1.807, 2.05) is 36.4 Å². The predicted molar refractivity (Wildman–Crippen MR) is 105 cm³/mol. The molecule has 7 nitrogen and oxygen atoms in total. The van der Waals surface area contributed by atoms with Gasteiger partial charge in [0.2, 0.25) is 0 Å². The van der Waals surface area contributed by atoms with Crippen LogP contribution in [0.2, 0.25) is 0 Å². The van der Waals surface area contributed by atoms with Crippen LogP contribution in [0.5, 0.6) is 5.75 Å². The second kappa shape index (κ2) is 8.62. The van der Waals surface area contributed by atoms with Gasteiger partial charge in [-0.25, -0.2) is 0 Å². The molecule has 1 aliphatic rings. The van der Waals surface area contributed by atoms with Gasteiger partial charge in [0.25, 0.3) is 11.8 Å². The molecule has 0 bridgehead atoms. The Morgan fingerprint density at radius 3 is 2.83 bits per heavy atom. The molecular formula is C22H20N2O5. The summed E-state index contributed by atoms with van der Waals surface area (Å²) >= 11 is 0. The number of carbonyl (C=O) groups excluding carboxylic acids is 2. The van der Waals surface area contributed by atoms with Crippen LogP contribution in [-0.4, -0.2) is 18.4 Å². The number of ether oxygens (including phenoxy) is 2. The molecule has 1 aromatic heterocycles. The van der Waals surface area contributed by atoms with E-state index in [2.05, 4.69) is 10.6 Å². The quantitative estimate of drug-likeness (QED) is 0.644. The number of benzene rings is 2. The van der Waals surface area contributed by atoms with E-state index in [0.717, 1.165) is 16.9 Å². The Labute approximate surface area is 167 Å². The van der Waals surface area contributed by atoms with E-state index in [-0.39, 0.29) is 18.4 Å². The van der Waals surface area contributed by atoms with E-state index in [1.54, 1.807) is 24.5 Å².